The highest BCUT2D eigenvalue weighted by Crippen LogP contribution is 2.43. The molecule has 4 rings (SSSR count). The molecule has 19 heteroatoms. The van der Waals surface area contributed by atoms with Gasteiger partial charge in [-0.1, -0.05) is 44.2 Å². The van der Waals surface area contributed by atoms with E-state index < -0.39 is 99.8 Å². The molecule has 0 bridgehead atoms. The van der Waals surface area contributed by atoms with Crippen molar-refractivity contribution in [1.82, 2.24) is 31.3 Å². The Bertz CT molecular complexity index is 2180. The number of esters is 1. The van der Waals surface area contributed by atoms with Gasteiger partial charge in [-0.15, -0.1) is 0 Å². The molecule has 2 aromatic rings. The van der Waals surface area contributed by atoms with Crippen molar-refractivity contribution >= 4 is 51.5 Å². The summed E-state index contributed by atoms with van der Waals surface area (Å²) in [6.45, 7) is 16.7. The van der Waals surface area contributed by atoms with Crippen LogP contribution in [0.4, 0.5) is 0 Å². The molecule has 1 fully saturated rings. The van der Waals surface area contributed by atoms with E-state index >= 15 is 0 Å². The van der Waals surface area contributed by atoms with Crippen LogP contribution in [0.5, 0.6) is 5.75 Å². The Hall–Kier alpha value is -5.72. The van der Waals surface area contributed by atoms with E-state index in [0.29, 0.717) is 34.4 Å². The molecule has 5 amide bonds. The van der Waals surface area contributed by atoms with E-state index in [1.165, 1.54) is 0 Å². The summed E-state index contributed by atoms with van der Waals surface area (Å²) in [5.41, 5.74) is 7.95. The van der Waals surface area contributed by atoms with E-state index in [0.717, 1.165) is 5.56 Å². The maximum absolute atomic E-state index is 13.9. The molecule has 4 atom stereocenters. The number of hydrogen-bond acceptors (Lipinski definition) is 11. The van der Waals surface area contributed by atoms with Crippen LogP contribution in [0.15, 0.2) is 40.2 Å². The molecule has 2 aromatic carbocycles. The standard InChI is InChI=1S/C43H62N8O10S/c1-23(2)34-40(57)48-29(17-14-18-45-41(44)51-62(58,59)36-25(4)24(3)35-28(26(36)5)21-43(9,10)61-35)37(54)46-22-32(52)47-31(20-33(53)60-42(6,7)8)38(55)49-30(39(56)50-34)19-27-15-12-11-13-16-27/h11-13,15-16,23,29-31,34H,14,17-22H2,1-10H3,(H,46,54)(H,47,52)(H,48,57)(H,49,55)(H,50,56)(H3,44,45,51)/t29-,30+,31-,34-/m0/s1. The summed E-state index contributed by atoms with van der Waals surface area (Å²) in [6, 6.07) is 3.63. The molecule has 0 radical (unpaired) electrons. The predicted molar refractivity (Wildman–Crippen MR) is 231 cm³/mol. The number of ether oxygens (including phenoxy) is 2. The Morgan fingerprint density at radius 1 is 0.903 bits per heavy atom. The Morgan fingerprint density at radius 2 is 1.53 bits per heavy atom. The quantitative estimate of drug-likeness (QED) is 0.0734. The van der Waals surface area contributed by atoms with Gasteiger partial charge in [0.1, 0.15) is 41.1 Å². The van der Waals surface area contributed by atoms with E-state index in [2.05, 4.69) is 36.3 Å². The summed E-state index contributed by atoms with van der Waals surface area (Å²) in [6.07, 6.45) is 0.0158. The lowest BCUT2D eigenvalue weighted by atomic mass is 9.94. The van der Waals surface area contributed by atoms with Crippen LogP contribution in [-0.2, 0) is 56.4 Å². The van der Waals surface area contributed by atoms with Gasteiger partial charge >= 0.3 is 5.97 Å². The van der Waals surface area contributed by atoms with Crippen molar-refractivity contribution in [1.29, 1.82) is 0 Å². The lowest BCUT2D eigenvalue weighted by molar-refractivity contribution is -0.156. The average molecular weight is 883 g/mol. The topological polar surface area (TPSA) is 266 Å². The summed E-state index contributed by atoms with van der Waals surface area (Å²) in [4.78, 5) is 85.5. The fourth-order valence-corrected chi connectivity index (χ4v) is 8.83. The smallest absolute Gasteiger partial charge is 0.308 e. The molecule has 0 saturated carbocycles. The second-order valence-electron chi connectivity index (χ2n) is 17.7. The second kappa shape index (κ2) is 20.0. The van der Waals surface area contributed by atoms with Crippen LogP contribution < -0.4 is 41.8 Å². The molecule has 0 aliphatic carbocycles. The average Bonchev–Trinajstić information content (AvgIpc) is 3.50. The van der Waals surface area contributed by atoms with E-state index in [1.807, 2.05) is 13.8 Å². The fraction of sp³-hybridized carbons (Fsp3) is 0.558. The molecular formula is C43H62N8O10S. The third kappa shape index (κ3) is 13.1. The third-order valence-corrected chi connectivity index (χ3v) is 12.0. The monoisotopic (exact) mass is 882 g/mol. The first-order chi connectivity index (χ1) is 28.8. The van der Waals surface area contributed by atoms with Gasteiger partial charge in [-0.3, -0.25) is 33.8 Å². The van der Waals surface area contributed by atoms with Crippen molar-refractivity contribution in [3.63, 3.8) is 0 Å². The van der Waals surface area contributed by atoms with Crippen molar-refractivity contribution in [2.75, 3.05) is 13.1 Å². The van der Waals surface area contributed by atoms with Crippen LogP contribution >= 0.6 is 0 Å². The Labute approximate surface area is 363 Å². The van der Waals surface area contributed by atoms with Gasteiger partial charge in [0, 0.05) is 24.9 Å². The number of amides is 5. The van der Waals surface area contributed by atoms with Crippen molar-refractivity contribution in [3.8, 4) is 5.75 Å². The summed E-state index contributed by atoms with van der Waals surface area (Å²) >= 11 is 0. The van der Waals surface area contributed by atoms with Gasteiger partial charge in [0.15, 0.2) is 0 Å². The Morgan fingerprint density at radius 3 is 2.16 bits per heavy atom. The summed E-state index contributed by atoms with van der Waals surface area (Å²) < 4.78 is 41.2. The van der Waals surface area contributed by atoms with Gasteiger partial charge in [-0.25, -0.2) is 13.1 Å². The maximum atomic E-state index is 13.9. The number of rotatable bonds is 11. The number of hydrogen-bond donors (Lipinski definition) is 7. The van der Waals surface area contributed by atoms with Crippen LogP contribution in [0.2, 0.25) is 0 Å². The van der Waals surface area contributed by atoms with Gasteiger partial charge in [-0.2, -0.15) is 0 Å². The molecule has 2 aliphatic heterocycles. The zero-order valence-corrected chi connectivity index (χ0v) is 38.1. The molecule has 0 spiro atoms. The van der Waals surface area contributed by atoms with Crippen molar-refractivity contribution in [2.24, 2.45) is 16.6 Å². The van der Waals surface area contributed by atoms with Crippen molar-refractivity contribution in [3.05, 3.63) is 58.1 Å². The first-order valence-corrected chi connectivity index (χ1v) is 22.1. The number of nitrogens with zero attached hydrogens (tertiary/aromatic N) is 1. The largest absolute Gasteiger partial charge is 0.487 e. The highest BCUT2D eigenvalue weighted by atomic mass is 32.2. The molecule has 0 unspecified atom stereocenters. The lowest BCUT2D eigenvalue weighted by Gasteiger charge is -2.28. The third-order valence-electron chi connectivity index (χ3n) is 10.4. The SMILES string of the molecule is Cc1c(C)c(S(=O)(=O)NC(N)=NCCC[C@@H]2NC(=O)[C@H](C(C)C)NC(=O)[C@@H](Cc3ccccc3)NC(=O)[C@H](CC(=O)OC(C)(C)C)NC(=O)CNC2=O)c(C)c2c1OC(C)(C)C2. The van der Waals surface area contributed by atoms with Crippen LogP contribution in [0, 0.1) is 26.7 Å². The fourth-order valence-electron chi connectivity index (χ4n) is 7.31. The summed E-state index contributed by atoms with van der Waals surface area (Å²) in [7, 11) is -4.18. The number of nitrogens with two attached hydrogens (primary N) is 1. The van der Waals surface area contributed by atoms with Gasteiger partial charge < -0.3 is 41.8 Å². The number of nitrogens with one attached hydrogen (secondary N) is 6. The zero-order chi connectivity index (χ0) is 46.3. The zero-order valence-electron chi connectivity index (χ0n) is 37.2. The number of aliphatic imine (C=N–C) groups is 1. The molecule has 2 heterocycles. The minimum atomic E-state index is -4.18. The number of sulfonamides is 1. The molecule has 62 heavy (non-hydrogen) atoms. The van der Waals surface area contributed by atoms with Crippen molar-refractivity contribution in [2.45, 2.75) is 142 Å². The van der Waals surface area contributed by atoms with Gasteiger partial charge in [0.2, 0.25) is 35.5 Å². The first kappa shape index (κ1) is 48.9. The minimum absolute atomic E-state index is 0.0000986. The van der Waals surface area contributed by atoms with Gasteiger partial charge in [0.05, 0.1) is 17.9 Å². The number of fused-ring (bicyclic) bond motifs is 1. The molecule has 340 valence electrons. The molecule has 2 aliphatic rings. The van der Waals surface area contributed by atoms with Crippen LogP contribution in [0.3, 0.4) is 0 Å². The summed E-state index contributed by atoms with van der Waals surface area (Å²) in [5.74, 6) is -4.89. The van der Waals surface area contributed by atoms with Crippen molar-refractivity contribution < 1.29 is 46.7 Å². The first-order valence-electron chi connectivity index (χ1n) is 20.7. The number of carbonyl (C=O) groups is 6. The highest BCUT2D eigenvalue weighted by molar-refractivity contribution is 7.90. The maximum Gasteiger partial charge on any atom is 0.308 e. The predicted octanol–water partition coefficient (Wildman–Crippen LogP) is 1.40. The van der Waals surface area contributed by atoms with Gasteiger partial charge in [-0.05, 0) is 96.4 Å². The van der Waals surface area contributed by atoms with Crippen LogP contribution in [-0.4, -0.2) is 98.3 Å². The highest BCUT2D eigenvalue weighted by Gasteiger charge is 2.38. The Balaban J connectivity index is 1.55. The number of benzene rings is 2. The normalized spacial score (nSPS) is 21.5. The summed E-state index contributed by atoms with van der Waals surface area (Å²) in [5, 5.41) is 13.0. The van der Waals surface area contributed by atoms with Gasteiger partial charge in [0.25, 0.3) is 10.0 Å². The van der Waals surface area contributed by atoms with E-state index in [1.54, 1.807) is 85.7 Å². The van der Waals surface area contributed by atoms with E-state index in [9.17, 15) is 37.2 Å². The number of guanidine groups is 1. The molecule has 0 aromatic heterocycles. The second-order valence-corrected chi connectivity index (χ2v) is 19.4. The molecular weight excluding hydrogens is 821 g/mol. The molecule has 8 N–H and O–H groups in total. The lowest BCUT2D eigenvalue weighted by Crippen LogP contribution is -2.59. The molecule has 1 saturated heterocycles. The minimum Gasteiger partial charge on any atom is -0.487 e. The van der Waals surface area contributed by atoms with Crippen LogP contribution in [0.1, 0.15) is 95.5 Å². The van der Waals surface area contributed by atoms with E-state index in [4.69, 9.17) is 15.2 Å². The molecule has 18 nitrogen and oxygen atoms in total. The number of carbonyl (C=O) groups excluding carboxylic acids is 6. The van der Waals surface area contributed by atoms with E-state index in [-0.39, 0.29) is 36.7 Å². The van der Waals surface area contributed by atoms with Crippen LogP contribution in [0.25, 0.3) is 0 Å². The Kier molecular flexibility index (Phi) is 15.8.